The standard InChI is InChI=1S/C14H11Cl3FN/c1-8(19-12-5-3-2-4-9(12)15)13-10(16)6-7-11(18)14(13)17/h2-8,19H,1H3. The van der Waals surface area contributed by atoms with Gasteiger partial charge in [-0.1, -0.05) is 46.9 Å². The van der Waals surface area contributed by atoms with Crippen molar-refractivity contribution in [3.8, 4) is 0 Å². The third kappa shape index (κ3) is 3.14. The molecule has 1 N–H and O–H groups in total. The molecule has 1 nitrogen and oxygen atoms in total. The molecule has 100 valence electrons. The number of anilines is 1. The molecule has 0 bridgehead atoms. The highest BCUT2D eigenvalue weighted by Crippen LogP contribution is 2.35. The van der Waals surface area contributed by atoms with Gasteiger partial charge in [0.15, 0.2) is 0 Å². The molecule has 2 aromatic carbocycles. The molecule has 0 aliphatic heterocycles. The topological polar surface area (TPSA) is 12.0 Å². The van der Waals surface area contributed by atoms with E-state index in [-0.39, 0.29) is 11.1 Å². The van der Waals surface area contributed by atoms with Gasteiger partial charge < -0.3 is 5.32 Å². The van der Waals surface area contributed by atoms with Crippen LogP contribution in [-0.2, 0) is 0 Å². The molecule has 0 aliphatic carbocycles. The fourth-order valence-corrected chi connectivity index (χ4v) is 2.71. The molecule has 0 fully saturated rings. The first-order chi connectivity index (χ1) is 9.00. The first-order valence-electron chi connectivity index (χ1n) is 5.65. The molecular formula is C14H11Cl3FN. The number of para-hydroxylation sites is 1. The van der Waals surface area contributed by atoms with Gasteiger partial charge in [-0.05, 0) is 31.2 Å². The first-order valence-corrected chi connectivity index (χ1v) is 6.78. The number of rotatable bonds is 3. The molecule has 1 atom stereocenters. The second-order valence-corrected chi connectivity index (χ2v) is 5.30. The predicted octanol–water partition coefficient (Wildman–Crippen LogP) is 5.96. The van der Waals surface area contributed by atoms with Crippen LogP contribution in [0.5, 0.6) is 0 Å². The van der Waals surface area contributed by atoms with Gasteiger partial charge in [0.25, 0.3) is 0 Å². The van der Waals surface area contributed by atoms with Crippen LogP contribution >= 0.6 is 34.8 Å². The number of hydrogen-bond donors (Lipinski definition) is 1. The number of benzene rings is 2. The predicted molar refractivity (Wildman–Crippen MR) is 79.9 cm³/mol. The van der Waals surface area contributed by atoms with Crippen LogP contribution in [0.15, 0.2) is 36.4 Å². The Labute approximate surface area is 126 Å². The van der Waals surface area contributed by atoms with E-state index >= 15 is 0 Å². The zero-order chi connectivity index (χ0) is 14.0. The van der Waals surface area contributed by atoms with Crippen LogP contribution in [0.4, 0.5) is 10.1 Å². The molecular weight excluding hydrogens is 308 g/mol. The third-order valence-corrected chi connectivity index (χ3v) is 3.80. The summed E-state index contributed by atoms with van der Waals surface area (Å²) in [4.78, 5) is 0. The highest BCUT2D eigenvalue weighted by Gasteiger charge is 2.17. The Morgan fingerprint density at radius 2 is 1.68 bits per heavy atom. The van der Waals surface area contributed by atoms with Gasteiger partial charge in [-0.2, -0.15) is 0 Å². The van der Waals surface area contributed by atoms with Crippen molar-refractivity contribution in [2.24, 2.45) is 0 Å². The molecule has 0 spiro atoms. The minimum atomic E-state index is -0.492. The summed E-state index contributed by atoms with van der Waals surface area (Å²) in [6.45, 7) is 1.84. The quantitative estimate of drug-likeness (QED) is 0.689. The highest BCUT2D eigenvalue weighted by molar-refractivity contribution is 6.36. The maximum atomic E-state index is 13.5. The summed E-state index contributed by atoms with van der Waals surface area (Å²) in [6.07, 6.45) is 0. The van der Waals surface area contributed by atoms with E-state index in [1.165, 1.54) is 12.1 Å². The lowest BCUT2D eigenvalue weighted by molar-refractivity contribution is 0.624. The van der Waals surface area contributed by atoms with Gasteiger partial charge in [0, 0.05) is 10.6 Å². The summed E-state index contributed by atoms with van der Waals surface area (Å²) in [6, 6.07) is 9.76. The van der Waals surface area contributed by atoms with Gasteiger partial charge in [0.05, 0.1) is 21.8 Å². The summed E-state index contributed by atoms with van der Waals surface area (Å²) in [5.74, 6) is -0.492. The molecule has 0 saturated carbocycles. The Morgan fingerprint density at radius 1 is 1.00 bits per heavy atom. The fraction of sp³-hybridized carbons (Fsp3) is 0.143. The summed E-state index contributed by atoms with van der Waals surface area (Å²) < 4.78 is 13.5. The van der Waals surface area contributed by atoms with E-state index < -0.39 is 5.82 Å². The van der Waals surface area contributed by atoms with E-state index in [0.717, 1.165) is 5.69 Å². The zero-order valence-electron chi connectivity index (χ0n) is 10.1. The molecule has 1 unspecified atom stereocenters. The van der Waals surface area contributed by atoms with E-state index in [2.05, 4.69) is 5.32 Å². The van der Waals surface area contributed by atoms with Crippen molar-refractivity contribution in [2.45, 2.75) is 13.0 Å². The Hall–Kier alpha value is -0.960. The smallest absolute Gasteiger partial charge is 0.142 e. The zero-order valence-corrected chi connectivity index (χ0v) is 12.3. The number of hydrogen-bond acceptors (Lipinski definition) is 1. The van der Waals surface area contributed by atoms with E-state index in [1.807, 2.05) is 25.1 Å². The normalized spacial score (nSPS) is 12.3. The highest BCUT2D eigenvalue weighted by atomic mass is 35.5. The van der Waals surface area contributed by atoms with Crippen LogP contribution in [0, 0.1) is 5.82 Å². The van der Waals surface area contributed by atoms with E-state index in [9.17, 15) is 4.39 Å². The van der Waals surface area contributed by atoms with Crippen molar-refractivity contribution in [1.29, 1.82) is 0 Å². The molecule has 19 heavy (non-hydrogen) atoms. The second kappa shape index (κ2) is 6.00. The van der Waals surface area contributed by atoms with Crippen molar-refractivity contribution >= 4 is 40.5 Å². The maximum absolute atomic E-state index is 13.5. The summed E-state index contributed by atoms with van der Waals surface area (Å²) >= 11 is 18.1. The van der Waals surface area contributed by atoms with Crippen molar-refractivity contribution in [3.63, 3.8) is 0 Å². The van der Waals surface area contributed by atoms with Crippen LogP contribution in [0.2, 0.25) is 15.1 Å². The van der Waals surface area contributed by atoms with Gasteiger partial charge in [-0.15, -0.1) is 0 Å². The van der Waals surface area contributed by atoms with Gasteiger partial charge in [-0.25, -0.2) is 4.39 Å². The monoisotopic (exact) mass is 317 g/mol. The maximum Gasteiger partial charge on any atom is 0.142 e. The Morgan fingerprint density at radius 3 is 2.37 bits per heavy atom. The minimum absolute atomic E-state index is 0.0274. The van der Waals surface area contributed by atoms with Crippen molar-refractivity contribution < 1.29 is 4.39 Å². The van der Waals surface area contributed by atoms with E-state index in [0.29, 0.717) is 15.6 Å². The van der Waals surface area contributed by atoms with Crippen molar-refractivity contribution in [1.82, 2.24) is 0 Å². The third-order valence-electron chi connectivity index (χ3n) is 2.76. The van der Waals surface area contributed by atoms with Crippen LogP contribution in [0.1, 0.15) is 18.5 Å². The number of halogens is 4. The Kier molecular flexibility index (Phi) is 4.56. The largest absolute Gasteiger partial charge is 0.377 e. The molecule has 0 saturated heterocycles. The van der Waals surface area contributed by atoms with Crippen LogP contribution in [0.25, 0.3) is 0 Å². The molecule has 5 heteroatoms. The lowest BCUT2D eigenvalue weighted by atomic mass is 10.1. The van der Waals surface area contributed by atoms with Gasteiger partial charge in [0.2, 0.25) is 0 Å². The van der Waals surface area contributed by atoms with Gasteiger partial charge >= 0.3 is 0 Å². The van der Waals surface area contributed by atoms with Crippen molar-refractivity contribution in [3.05, 3.63) is 62.8 Å². The summed E-state index contributed by atoms with van der Waals surface area (Å²) in [5.41, 5.74) is 1.26. The van der Waals surface area contributed by atoms with E-state index in [4.69, 9.17) is 34.8 Å². The van der Waals surface area contributed by atoms with Gasteiger partial charge in [0.1, 0.15) is 5.82 Å². The SMILES string of the molecule is CC(Nc1ccccc1Cl)c1c(Cl)ccc(F)c1Cl. The average Bonchev–Trinajstić information content (AvgIpc) is 2.37. The molecule has 2 aromatic rings. The lowest BCUT2D eigenvalue weighted by Gasteiger charge is -2.19. The molecule has 0 aromatic heterocycles. The molecule has 0 heterocycles. The summed E-state index contributed by atoms with van der Waals surface area (Å²) in [5, 5.41) is 4.19. The van der Waals surface area contributed by atoms with Crippen LogP contribution < -0.4 is 5.32 Å². The number of nitrogens with one attached hydrogen (secondary N) is 1. The summed E-state index contributed by atoms with van der Waals surface area (Å²) in [7, 11) is 0. The minimum Gasteiger partial charge on any atom is -0.377 e. The van der Waals surface area contributed by atoms with E-state index in [1.54, 1.807) is 6.07 Å². The molecule has 0 aliphatic rings. The second-order valence-electron chi connectivity index (χ2n) is 4.10. The molecule has 2 rings (SSSR count). The van der Waals surface area contributed by atoms with Gasteiger partial charge in [-0.3, -0.25) is 0 Å². The lowest BCUT2D eigenvalue weighted by Crippen LogP contribution is -2.09. The van der Waals surface area contributed by atoms with Crippen molar-refractivity contribution in [2.75, 3.05) is 5.32 Å². The Bertz CT molecular complexity index is 601. The van der Waals surface area contributed by atoms with Crippen LogP contribution in [0.3, 0.4) is 0 Å². The fourth-order valence-electron chi connectivity index (χ4n) is 1.82. The first kappa shape index (κ1) is 14.4. The van der Waals surface area contributed by atoms with Crippen LogP contribution in [-0.4, -0.2) is 0 Å². The molecule has 0 radical (unpaired) electrons. The average molecular weight is 319 g/mol. The Balaban J connectivity index is 2.33. The molecule has 0 amide bonds.